The van der Waals surface area contributed by atoms with Crippen molar-refractivity contribution in [2.75, 3.05) is 45.5 Å². The third-order valence-corrected chi connectivity index (χ3v) is 7.24. The van der Waals surface area contributed by atoms with E-state index in [2.05, 4.69) is 6.92 Å². The molecule has 118 valence electrons. The van der Waals surface area contributed by atoms with Crippen molar-refractivity contribution in [1.29, 1.82) is 0 Å². The molecule has 2 saturated heterocycles. The Morgan fingerprint density at radius 2 is 1.40 bits per heavy atom. The van der Waals surface area contributed by atoms with Crippen LogP contribution in [0.2, 0.25) is 0 Å². The minimum Gasteiger partial charge on any atom is -0.213 e. The zero-order valence-corrected chi connectivity index (χ0v) is 13.7. The first-order valence-electron chi connectivity index (χ1n) is 6.91. The molecule has 1 atom stereocenters. The SMILES string of the molecule is CC1CCCN(S(=O)(=O)N2CCN(S(C)(=O)=O)CC2)C1. The minimum atomic E-state index is -3.44. The quantitative estimate of drug-likeness (QED) is 0.703. The van der Waals surface area contributed by atoms with Crippen LogP contribution in [0, 0.1) is 5.92 Å². The number of sulfonamides is 1. The topological polar surface area (TPSA) is 78.0 Å². The van der Waals surface area contributed by atoms with Crippen molar-refractivity contribution >= 4 is 20.2 Å². The summed E-state index contributed by atoms with van der Waals surface area (Å²) in [5.41, 5.74) is 0. The molecule has 7 nitrogen and oxygen atoms in total. The molecule has 0 aromatic carbocycles. The molecule has 0 bridgehead atoms. The molecule has 0 spiro atoms. The predicted molar refractivity (Wildman–Crippen MR) is 76.9 cm³/mol. The molecule has 0 saturated carbocycles. The van der Waals surface area contributed by atoms with Gasteiger partial charge in [-0.1, -0.05) is 6.92 Å². The van der Waals surface area contributed by atoms with E-state index in [1.165, 1.54) is 12.9 Å². The van der Waals surface area contributed by atoms with Gasteiger partial charge >= 0.3 is 0 Å². The van der Waals surface area contributed by atoms with Gasteiger partial charge in [0.15, 0.2) is 0 Å². The molecule has 2 fully saturated rings. The molecule has 0 radical (unpaired) electrons. The third kappa shape index (κ3) is 3.51. The predicted octanol–water partition coefficient (Wildman–Crippen LogP) is -0.460. The molecule has 2 rings (SSSR count). The minimum absolute atomic E-state index is 0.236. The molecule has 9 heteroatoms. The van der Waals surface area contributed by atoms with Crippen molar-refractivity contribution in [2.24, 2.45) is 5.92 Å². The molecule has 0 amide bonds. The zero-order chi connectivity index (χ0) is 15.0. The molecule has 1 unspecified atom stereocenters. The molecule has 0 aromatic rings. The van der Waals surface area contributed by atoms with Crippen LogP contribution in [0.3, 0.4) is 0 Å². The number of hydrogen-bond donors (Lipinski definition) is 0. The maximum Gasteiger partial charge on any atom is 0.282 e. The van der Waals surface area contributed by atoms with Gasteiger partial charge in [-0.25, -0.2) is 8.42 Å². The Balaban J connectivity index is 2.02. The molecule has 2 aliphatic heterocycles. The van der Waals surface area contributed by atoms with Crippen molar-refractivity contribution < 1.29 is 16.8 Å². The highest BCUT2D eigenvalue weighted by molar-refractivity contribution is 7.88. The summed E-state index contributed by atoms with van der Waals surface area (Å²) in [5.74, 6) is 0.385. The standard InChI is InChI=1S/C11H23N3O4S2/c1-11-4-3-5-14(10-11)20(17,18)13-8-6-12(7-9-13)19(2,15)16/h11H,3-10H2,1-2H3. The smallest absolute Gasteiger partial charge is 0.213 e. The van der Waals surface area contributed by atoms with Crippen LogP contribution in [-0.4, -0.2) is 75.3 Å². The van der Waals surface area contributed by atoms with Crippen LogP contribution >= 0.6 is 0 Å². The van der Waals surface area contributed by atoms with Crippen molar-refractivity contribution in [1.82, 2.24) is 12.9 Å². The maximum absolute atomic E-state index is 12.5. The second kappa shape index (κ2) is 5.88. The first-order valence-corrected chi connectivity index (χ1v) is 10.2. The Morgan fingerprint density at radius 1 is 0.850 bits per heavy atom. The Hall–Kier alpha value is -0.220. The van der Waals surface area contributed by atoms with E-state index in [-0.39, 0.29) is 26.2 Å². The summed E-state index contributed by atoms with van der Waals surface area (Å²) < 4.78 is 52.2. The summed E-state index contributed by atoms with van der Waals surface area (Å²) in [7, 11) is -6.67. The highest BCUT2D eigenvalue weighted by atomic mass is 32.2. The van der Waals surface area contributed by atoms with Gasteiger partial charge in [0.05, 0.1) is 6.26 Å². The fourth-order valence-electron chi connectivity index (χ4n) is 2.75. The number of piperidine rings is 1. The van der Waals surface area contributed by atoms with Crippen LogP contribution in [0.4, 0.5) is 0 Å². The Bertz CT molecular complexity index is 538. The molecule has 2 heterocycles. The number of rotatable bonds is 3. The average molecular weight is 325 g/mol. The van der Waals surface area contributed by atoms with E-state index in [0.717, 1.165) is 19.1 Å². The van der Waals surface area contributed by atoms with E-state index in [4.69, 9.17) is 0 Å². The lowest BCUT2D eigenvalue weighted by atomic mass is 10.0. The fourth-order valence-corrected chi connectivity index (χ4v) is 5.33. The second-order valence-electron chi connectivity index (χ2n) is 5.67. The van der Waals surface area contributed by atoms with E-state index in [0.29, 0.717) is 19.0 Å². The summed E-state index contributed by atoms with van der Waals surface area (Å²) in [5, 5.41) is 0. The van der Waals surface area contributed by atoms with Crippen LogP contribution in [0.1, 0.15) is 19.8 Å². The number of nitrogens with zero attached hydrogens (tertiary/aromatic N) is 3. The first-order chi connectivity index (χ1) is 9.21. The van der Waals surface area contributed by atoms with Crippen molar-refractivity contribution in [2.45, 2.75) is 19.8 Å². The monoisotopic (exact) mass is 325 g/mol. The van der Waals surface area contributed by atoms with Gasteiger partial charge in [-0.2, -0.15) is 21.3 Å². The van der Waals surface area contributed by atoms with Gasteiger partial charge in [0.25, 0.3) is 10.2 Å². The van der Waals surface area contributed by atoms with E-state index in [9.17, 15) is 16.8 Å². The van der Waals surface area contributed by atoms with Gasteiger partial charge in [0, 0.05) is 39.3 Å². The van der Waals surface area contributed by atoms with Crippen molar-refractivity contribution in [3.05, 3.63) is 0 Å². The lowest BCUT2D eigenvalue weighted by molar-refractivity contribution is 0.229. The summed E-state index contributed by atoms with van der Waals surface area (Å²) in [6, 6.07) is 0. The highest BCUT2D eigenvalue weighted by Crippen LogP contribution is 2.21. The summed E-state index contributed by atoms with van der Waals surface area (Å²) in [4.78, 5) is 0. The van der Waals surface area contributed by atoms with E-state index in [1.54, 1.807) is 0 Å². The summed E-state index contributed by atoms with van der Waals surface area (Å²) in [6.45, 7) is 4.14. The van der Waals surface area contributed by atoms with Gasteiger partial charge in [-0.3, -0.25) is 0 Å². The molecule has 0 aliphatic carbocycles. The molecule has 20 heavy (non-hydrogen) atoms. The van der Waals surface area contributed by atoms with Crippen LogP contribution in [-0.2, 0) is 20.2 Å². The largest absolute Gasteiger partial charge is 0.282 e. The van der Waals surface area contributed by atoms with Gasteiger partial charge in [0.2, 0.25) is 10.0 Å². The highest BCUT2D eigenvalue weighted by Gasteiger charge is 2.35. The molecule has 2 aliphatic rings. The lowest BCUT2D eigenvalue weighted by Crippen LogP contribution is -2.55. The molecular formula is C11H23N3O4S2. The van der Waals surface area contributed by atoms with Crippen LogP contribution in [0.15, 0.2) is 0 Å². The normalized spacial score (nSPS) is 28.6. The van der Waals surface area contributed by atoms with Gasteiger partial charge in [0.1, 0.15) is 0 Å². The van der Waals surface area contributed by atoms with Crippen molar-refractivity contribution in [3.8, 4) is 0 Å². The van der Waals surface area contributed by atoms with E-state index in [1.807, 2.05) is 0 Å². The van der Waals surface area contributed by atoms with E-state index >= 15 is 0 Å². The fraction of sp³-hybridized carbons (Fsp3) is 1.00. The Kier molecular flexibility index (Phi) is 4.75. The number of hydrogen-bond acceptors (Lipinski definition) is 4. The van der Waals surface area contributed by atoms with E-state index < -0.39 is 20.2 Å². The third-order valence-electron chi connectivity index (χ3n) is 3.94. The van der Waals surface area contributed by atoms with Crippen LogP contribution < -0.4 is 0 Å². The average Bonchev–Trinajstić information content (AvgIpc) is 2.38. The van der Waals surface area contributed by atoms with Crippen LogP contribution in [0.5, 0.6) is 0 Å². The molecule has 0 aromatic heterocycles. The Labute approximate surface area is 121 Å². The molecular weight excluding hydrogens is 302 g/mol. The first kappa shape index (κ1) is 16.2. The second-order valence-corrected chi connectivity index (χ2v) is 9.59. The van der Waals surface area contributed by atoms with Gasteiger partial charge in [-0.05, 0) is 18.8 Å². The van der Waals surface area contributed by atoms with Gasteiger partial charge < -0.3 is 0 Å². The zero-order valence-electron chi connectivity index (χ0n) is 12.0. The molecule has 0 N–H and O–H groups in total. The maximum atomic E-state index is 12.5. The lowest BCUT2D eigenvalue weighted by Gasteiger charge is -2.38. The van der Waals surface area contributed by atoms with Crippen LogP contribution in [0.25, 0.3) is 0 Å². The summed E-state index contributed by atoms with van der Waals surface area (Å²) >= 11 is 0. The van der Waals surface area contributed by atoms with Gasteiger partial charge in [-0.15, -0.1) is 0 Å². The Morgan fingerprint density at radius 3 is 1.90 bits per heavy atom. The summed E-state index contributed by atoms with van der Waals surface area (Å²) in [6.07, 6.45) is 3.11. The number of piperazine rings is 1. The van der Waals surface area contributed by atoms with Crippen molar-refractivity contribution in [3.63, 3.8) is 0 Å².